The van der Waals surface area contributed by atoms with E-state index in [4.69, 9.17) is 23.2 Å². The van der Waals surface area contributed by atoms with Gasteiger partial charge in [0.25, 0.3) is 0 Å². The van der Waals surface area contributed by atoms with Gasteiger partial charge in [-0.25, -0.2) is 9.07 Å². The monoisotopic (exact) mass is 585 g/mol. The number of carbonyl (C=O) groups is 1. The van der Waals surface area contributed by atoms with Gasteiger partial charge < -0.3 is 10.6 Å². The van der Waals surface area contributed by atoms with Crippen LogP contribution < -0.4 is 10.6 Å². The maximum absolute atomic E-state index is 13.8. The molecular weight excluding hydrogens is 564 g/mol. The Balaban J connectivity index is 1.46. The van der Waals surface area contributed by atoms with Crippen molar-refractivity contribution in [3.05, 3.63) is 105 Å². The summed E-state index contributed by atoms with van der Waals surface area (Å²) in [6.45, 7) is 1.43. The Hall–Kier alpha value is -4.52. The van der Waals surface area contributed by atoms with Gasteiger partial charge in [-0.1, -0.05) is 46.6 Å². The molecule has 2 aromatic heterocycles. The Morgan fingerprint density at radius 1 is 1.15 bits per heavy atom. The number of hydrogen-bond donors (Lipinski definition) is 2. The summed E-state index contributed by atoms with van der Waals surface area (Å²) in [6, 6.07) is 16.8. The van der Waals surface area contributed by atoms with Gasteiger partial charge in [-0.2, -0.15) is 5.26 Å². The van der Waals surface area contributed by atoms with Crippen molar-refractivity contribution in [2.45, 2.75) is 31.8 Å². The summed E-state index contributed by atoms with van der Waals surface area (Å²) in [5.74, 6) is -0.573. The fraction of sp³-hybridized carbons (Fsp3) is 0.167. The fourth-order valence-electron chi connectivity index (χ4n) is 4.77. The second-order valence-electron chi connectivity index (χ2n) is 9.84. The topological polar surface area (TPSA) is 109 Å². The zero-order chi connectivity index (χ0) is 28.7. The molecule has 0 bridgehead atoms. The quantitative estimate of drug-likeness (QED) is 0.180. The maximum Gasteiger partial charge on any atom is 0.163 e. The molecule has 0 spiro atoms. The van der Waals surface area contributed by atoms with Crippen molar-refractivity contribution in [3.63, 3.8) is 0 Å². The van der Waals surface area contributed by atoms with Crippen LogP contribution in [-0.2, 0) is 0 Å². The van der Waals surface area contributed by atoms with E-state index in [1.54, 1.807) is 36.4 Å². The fourth-order valence-corrected chi connectivity index (χ4v) is 5.35. The summed E-state index contributed by atoms with van der Waals surface area (Å²) in [7, 11) is 0. The zero-order valence-corrected chi connectivity index (χ0v) is 23.2. The van der Waals surface area contributed by atoms with E-state index in [9.17, 15) is 14.4 Å². The first-order valence-corrected chi connectivity index (χ1v) is 13.6. The number of fused-ring (bicyclic) bond motifs is 1. The molecular formula is C30H22Cl2FN7O. The number of nitriles is 1. The van der Waals surface area contributed by atoms with Crippen LogP contribution in [-0.4, -0.2) is 25.8 Å². The number of nitrogens with one attached hydrogen (secondary N) is 2. The summed E-state index contributed by atoms with van der Waals surface area (Å²) in [6.07, 6.45) is 5.44. The molecule has 1 aliphatic rings. The number of ketones is 1. The van der Waals surface area contributed by atoms with E-state index in [0.717, 1.165) is 18.4 Å². The number of Topliss-reactive ketones (excluding diaryl/α,β-unsaturated/α-hetero) is 1. The Labute approximate surface area is 244 Å². The molecule has 1 fully saturated rings. The average molecular weight is 586 g/mol. The molecule has 3 aromatic carbocycles. The smallest absolute Gasteiger partial charge is 0.163 e. The van der Waals surface area contributed by atoms with E-state index in [-0.39, 0.29) is 17.2 Å². The van der Waals surface area contributed by atoms with Crippen molar-refractivity contribution < 1.29 is 9.18 Å². The molecule has 2 N–H and O–H groups in total. The molecule has 204 valence electrons. The minimum atomic E-state index is -0.475. The van der Waals surface area contributed by atoms with E-state index in [2.05, 4.69) is 32.0 Å². The van der Waals surface area contributed by atoms with Gasteiger partial charge >= 0.3 is 0 Å². The molecule has 0 amide bonds. The molecule has 11 heteroatoms. The third-order valence-corrected chi connectivity index (χ3v) is 7.53. The number of anilines is 3. The number of carbonyl (C=O) groups excluding carboxylic acids is 1. The highest BCUT2D eigenvalue weighted by molar-refractivity contribution is 6.36. The molecule has 2 heterocycles. The van der Waals surface area contributed by atoms with Gasteiger partial charge in [0.05, 0.1) is 56.3 Å². The molecule has 1 unspecified atom stereocenters. The normalized spacial score (nSPS) is 13.5. The molecule has 0 radical (unpaired) electrons. The maximum atomic E-state index is 13.8. The summed E-state index contributed by atoms with van der Waals surface area (Å²) in [4.78, 5) is 16.8. The first kappa shape index (κ1) is 26.7. The van der Waals surface area contributed by atoms with Crippen molar-refractivity contribution in [2.75, 3.05) is 10.6 Å². The van der Waals surface area contributed by atoms with E-state index >= 15 is 0 Å². The van der Waals surface area contributed by atoms with Gasteiger partial charge in [-0.15, -0.1) is 5.10 Å². The predicted molar refractivity (Wildman–Crippen MR) is 156 cm³/mol. The number of hydrogen-bond acceptors (Lipinski definition) is 7. The van der Waals surface area contributed by atoms with Crippen LogP contribution in [0.15, 0.2) is 67.0 Å². The van der Waals surface area contributed by atoms with Gasteiger partial charge in [0.1, 0.15) is 17.6 Å². The SMILES string of the molecule is CC(=O)c1c(Cl)cccc1Nc1c(C#N)cnc2c(Cl)cc(NC(c3ccc(F)cc3)c3cn(C4CC4)nn3)cc12. The van der Waals surface area contributed by atoms with Crippen molar-refractivity contribution in [1.29, 1.82) is 5.26 Å². The number of halogens is 3. The lowest BCUT2D eigenvalue weighted by Gasteiger charge is -2.20. The number of aromatic nitrogens is 4. The minimum absolute atomic E-state index is 0.225. The first-order valence-electron chi connectivity index (χ1n) is 12.8. The van der Waals surface area contributed by atoms with Crippen LogP contribution in [0.1, 0.15) is 59.0 Å². The molecule has 8 nitrogen and oxygen atoms in total. The van der Waals surface area contributed by atoms with E-state index < -0.39 is 6.04 Å². The molecule has 0 saturated heterocycles. The Morgan fingerprint density at radius 3 is 2.63 bits per heavy atom. The second kappa shape index (κ2) is 10.8. The molecule has 6 rings (SSSR count). The van der Waals surface area contributed by atoms with Crippen LogP contribution in [0.2, 0.25) is 10.0 Å². The van der Waals surface area contributed by atoms with Crippen LogP contribution in [0.5, 0.6) is 0 Å². The Kier molecular flexibility index (Phi) is 7.03. The summed E-state index contributed by atoms with van der Waals surface area (Å²) in [5, 5.41) is 26.5. The lowest BCUT2D eigenvalue weighted by atomic mass is 10.0. The number of benzene rings is 3. The number of nitrogens with zero attached hydrogens (tertiary/aromatic N) is 5. The molecule has 41 heavy (non-hydrogen) atoms. The first-order chi connectivity index (χ1) is 19.8. The third kappa shape index (κ3) is 5.32. The van der Waals surface area contributed by atoms with Gasteiger partial charge in [-0.3, -0.25) is 9.78 Å². The molecule has 5 aromatic rings. The highest BCUT2D eigenvalue weighted by Crippen LogP contribution is 2.39. The largest absolute Gasteiger partial charge is 0.373 e. The predicted octanol–water partition coefficient (Wildman–Crippen LogP) is 7.63. The van der Waals surface area contributed by atoms with Crippen LogP contribution in [0, 0.1) is 17.1 Å². The number of pyridine rings is 1. The molecule has 1 atom stereocenters. The second-order valence-corrected chi connectivity index (χ2v) is 10.7. The van der Waals surface area contributed by atoms with Crippen molar-refractivity contribution in [1.82, 2.24) is 20.0 Å². The van der Waals surface area contributed by atoms with Crippen LogP contribution in [0.4, 0.5) is 21.5 Å². The molecule has 1 aliphatic carbocycles. The Morgan fingerprint density at radius 2 is 1.93 bits per heavy atom. The van der Waals surface area contributed by atoms with Gasteiger partial charge in [0, 0.05) is 17.3 Å². The lowest BCUT2D eigenvalue weighted by molar-refractivity contribution is 0.101. The third-order valence-electron chi connectivity index (χ3n) is 6.93. The summed E-state index contributed by atoms with van der Waals surface area (Å²) >= 11 is 13.1. The van der Waals surface area contributed by atoms with Crippen molar-refractivity contribution in [3.8, 4) is 6.07 Å². The van der Waals surface area contributed by atoms with Crippen molar-refractivity contribution >= 4 is 57.0 Å². The average Bonchev–Trinajstić information content (AvgIpc) is 3.69. The lowest BCUT2D eigenvalue weighted by Crippen LogP contribution is -2.13. The van der Waals surface area contributed by atoms with E-state index in [0.29, 0.717) is 55.3 Å². The van der Waals surface area contributed by atoms with Gasteiger partial charge in [0.2, 0.25) is 0 Å². The van der Waals surface area contributed by atoms with E-state index in [1.165, 1.54) is 25.3 Å². The molecule has 0 aliphatic heterocycles. The van der Waals surface area contributed by atoms with Crippen LogP contribution in [0.25, 0.3) is 10.9 Å². The van der Waals surface area contributed by atoms with Crippen molar-refractivity contribution in [2.24, 2.45) is 0 Å². The highest BCUT2D eigenvalue weighted by atomic mass is 35.5. The van der Waals surface area contributed by atoms with Gasteiger partial charge in [0.15, 0.2) is 5.78 Å². The van der Waals surface area contributed by atoms with Crippen LogP contribution >= 0.6 is 23.2 Å². The summed E-state index contributed by atoms with van der Waals surface area (Å²) in [5.41, 5.74) is 3.93. The van der Waals surface area contributed by atoms with Gasteiger partial charge in [-0.05, 0) is 61.7 Å². The van der Waals surface area contributed by atoms with E-state index in [1.807, 2.05) is 16.9 Å². The Bertz CT molecular complexity index is 1840. The summed E-state index contributed by atoms with van der Waals surface area (Å²) < 4.78 is 15.6. The number of rotatable bonds is 8. The van der Waals surface area contributed by atoms with Crippen LogP contribution in [0.3, 0.4) is 0 Å². The highest BCUT2D eigenvalue weighted by Gasteiger charge is 2.27. The minimum Gasteiger partial charge on any atom is -0.373 e. The molecule has 1 saturated carbocycles. The standard InChI is InChI=1S/C30H22Cl2FN7O/c1-16(41)27-23(31)3-2-4-25(27)37-28-18(13-34)14-35-30-22(28)11-20(12-24(30)32)36-29(17-5-7-19(33)8-6-17)26-15-40(39-38-26)21-9-10-21/h2-8,11-12,14-15,21,29,36H,9-10H2,1H3,(H,35,37). The zero-order valence-electron chi connectivity index (χ0n) is 21.7.